The van der Waals surface area contributed by atoms with E-state index in [-0.39, 0.29) is 25.0 Å². The minimum absolute atomic E-state index is 0.104. The quantitative estimate of drug-likeness (QED) is 0.567. The fraction of sp³-hybridized carbons (Fsp3) is 0.800. The minimum atomic E-state index is -1.44. The van der Waals surface area contributed by atoms with E-state index in [1.807, 2.05) is 6.92 Å². The van der Waals surface area contributed by atoms with Gasteiger partial charge in [-0.2, -0.15) is 0 Å². The Hall–Kier alpha value is -1.24. The topological polar surface area (TPSA) is 72.9 Å². The van der Waals surface area contributed by atoms with Crippen LogP contribution in [0.15, 0.2) is 0 Å². The maximum absolute atomic E-state index is 12.5. The Labute approximate surface area is 136 Å². The Morgan fingerprint density at radius 2 is 2.27 bits per heavy atom. The fourth-order valence-electron chi connectivity index (χ4n) is 3.42. The molecule has 122 valence electrons. The number of β-lactam (4-membered cyclic amide) rings is 1. The molecule has 0 radical (unpaired) electrons. The predicted octanol–water partition coefficient (Wildman–Crippen LogP) is 1.04. The van der Waals surface area contributed by atoms with Crippen molar-refractivity contribution in [2.45, 2.75) is 38.1 Å². The molecule has 22 heavy (non-hydrogen) atoms. The molecule has 6 nitrogen and oxygen atoms in total. The first-order valence-electron chi connectivity index (χ1n) is 8.49. The summed E-state index contributed by atoms with van der Waals surface area (Å²) in [5.74, 6) is -2.86. The average molecular weight is 329 g/mol. The van der Waals surface area contributed by atoms with E-state index in [0.717, 1.165) is 0 Å². The van der Waals surface area contributed by atoms with Gasteiger partial charge in [0.15, 0.2) is 0 Å². The third-order valence-corrected chi connectivity index (χ3v) is 6.30. The molecule has 1 spiro atoms. The second-order valence-corrected chi connectivity index (χ2v) is 7.08. The van der Waals surface area contributed by atoms with Gasteiger partial charge in [0, 0.05) is 21.3 Å². The van der Waals surface area contributed by atoms with E-state index in [1.165, 1.54) is 23.6 Å². The van der Waals surface area contributed by atoms with Gasteiger partial charge in [-0.3, -0.25) is 9.59 Å². The first-order valence-corrected chi connectivity index (χ1v) is 8.40. The lowest BCUT2D eigenvalue weighted by molar-refractivity contribution is -0.209. The SMILES string of the molecule is [2H]C1C2C(=O)N3[C@H](C(=O)OCC)[C@H](C)CSC23C1([2H])COC(C)=O. The molecule has 7 heteroatoms. The number of hydrogen-bond acceptors (Lipinski definition) is 6. The lowest BCUT2D eigenvalue weighted by Crippen LogP contribution is -2.84. The van der Waals surface area contributed by atoms with E-state index in [2.05, 4.69) is 0 Å². The fourth-order valence-corrected chi connectivity index (χ4v) is 5.13. The van der Waals surface area contributed by atoms with E-state index in [4.69, 9.17) is 12.2 Å². The Balaban J connectivity index is 1.93. The molecule has 2 saturated heterocycles. The van der Waals surface area contributed by atoms with E-state index < -0.39 is 41.1 Å². The highest BCUT2D eigenvalue weighted by molar-refractivity contribution is 8.00. The van der Waals surface area contributed by atoms with Gasteiger partial charge in [0.2, 0.25) is 5.91 Å². The summed E-state index contributed by atoms with van der Waals surface area (Å²) in [6, 6.07) is -0.746. The summed E-state index contributed by atoms with van der Waals surface area (Å²) < 4.78 is 27.0. The van der Waals surface area contributed by atoms with Crippen LogP contribution in [0.1, 0.15) is 29.9 Å². The Morgan fingerprint density at radius 3 is 2.91 bits per heavy atom. The molecular weight excluding hydrogens is 306 g/mol. The number of thioether (sulfide) groups is 1. The van der Waals surface area contributed by atoms with Gasteiger partial charge in [0.05, 0.1) is 19.1 Å². The van der Waals surface area contributed by atoms with Crippen LogP contribution in [0.2, 0.25) is 0 Å². The summed E-state index contributed by atoms with van der Waals surface area (Å²) in [5, 5.41) is 0. The molecule has 0 N–H and O–H groups in total. The Bertz CT molecular complexity index is 604. The molecule has 6 atom stereocenters. The minimum Gasteiger partial charge on any atom is -0.465 e. The Morgan fingerprint density at radius 1 is 1.55 bits per heavy atom. The number of ether oxygens (including phenoxy) is 2. The predicted molar refractivity (Wildman–Crippen MR) is 79.9 cm³/mol. The van der Waals surface area contributed by atoms with Crippen molar-refractivity contribution in [1.29, 1.82) is 0 Å². The van der Waals surface area contributed by atoms with Crippen molar-refractivity contribution in [3.05, 3.63) is 0 Å². The third-order valence-electron chi connectivity index (χ3n) is 4.45. The molecule has 4 unspecified atom stereocenters. The van der Waals surface area contributed by atoms with Crippen LogP contribution in [0.25, 0.3) is 0 Å². The highest BCUT2D eigenvalue weighted by Gasteiger charge is 2.75. The van der Waals surface area contributed by atoms with Gasteiger partial charge in [-0.25, -0.2) is 4.79 Å². The maximum Gasteiger partial charge on any atom is 0.329 e. The smallest absolute Gasteiger partial charge is 0.329 e. The van der Waals surface area contributed by atoms with Crippen molar-refractivity contribution < 1.29 is 26.6 Å². The van der Waals surface area contributed by atoms with Crippen molar-refractivity contribution in [2.24, 2.45) is 17.7 Å². The molecule has 1 saturated carbocycles. The number of piperidine rings is 1. The van der Waals surface area contributed by atoms with Crippen LogP contribution in [0.5, 0.6) is 0 Å². The molecule has 1 amide bonds. The van der Waals surface area contributed by atoms with Crippen molar-refractivity contribution >= 4 is 29.6 Å². The normalized spacial score (nSPS) is 47.0. The largest absolute Gasteiger partial charge is 0.465 e. The highest BCUT2D eigenvalue weighted by atomic mass is 32.2. The lowest BCUT2D eigenvalue weighted by atomic mass is 9.60. The van der Waals surface area contributed by atoms with Gasteiger partial charge < -0.3 is 14.4 Å². The number of rotatable bonds is 4. The van der Waals surface area contributed by atoms with Crippen molar-refractivity contribution in [1.82, 2.24) is 4.90 Å². The summed E-state index contributed by atoms with van der Waals surface area (Å²) in [6.45, 7) is 4.78. The van der Waals surface area contributed by atoms with Crippen molar-refractivity contribution in [2.75, 3.05) is 19.0 Å². The van der Waals surface area contributed by atoms with E-state index in [0.29, 0.717) is 5.75 Å². The van der Waals surface area contributed by atoms with Crippen LogP contribution < -0.4 is 0 Å². The highest BCUT2D eigenvalue weighted by Crippen LogP contribution is 2.66. The Kier molecular flexibility index (Phi) is 3.27. The number of carbonyl (C=O) groups excluding carboxylic acids is 3. The monoisotopic (exact) mass is 329 g/mol. The van der Waals surface area contributed by atoms with Crippen LogP contribution in [0, 0.1) is 17.7 Å². The molecule has 3 rings (SSSR count). The molecular formula is C15H21NO5S. The van der Waals surface area contributed by atoms with Crippen LogP contribution in [0.4, 0.5) is 0 Å². The van der Waals surface area contributed by atoms with Gasteiger partial charge in [0.1, 0.15) is 10.9 Å². The first kappa shape index (κ1) is 13.2. The lowest BCUT2D eigenvalue weighted by Gasteiger charge is -2.71. The van der Waals surface area contributed by atoms with Crippen LogP contribution in [-0.2, 0) is 23.9 Å². The summed E-state index contributed by atoms with van der Waals surface area (Å²) in [5.41, 5.74) is 0. The maximum atomic E-state index is 12.5. The molecule has 2 aliphatic heterocycles. The van der Waals surface area contributed by atoms with Crippen molar-refractivity contribution in [3.8, 4) is 0 Å². The molecule has 3 fully saturated rings. The molecule has 1 aliphatic carbocycles. The van der Waals surface area contributed by atoms with Crippen LogP contribution in [-0.4, -0.2) is 52.6 Å². The van der Waals surface area contributed by atoms with Gasteiger partial charge in [-0.05, 0) is 19.2 Å². The summed E-state index contributed by atoms with van der Waals surface area (Å²) in [6.07, 6.45) is -0.968. The molecule has 2 heterocycles. The van der Waals surface area contributed by atoms with Gasteiger partial charge >= 0.3 is 11.9 Å². The van der Waals surface area contributed by atoms with E-state index in [9.17, 15) is 14.4 Å². The van der Waals surface area contributed by atoms with E-state index >= 15 is 0 Å². The number of amides is 1. The second-order valence-electron chi connectivity index (χ2n) is 5.84. The van der Waals surface area contributed by atoms with Gasteiger partial charge in [0.25, 0.3) is 0 Å². The van der Waals surface area contributed by atoms with Crippen molar-refractivity contribution in [3.63, 3.8) is 0 Å². The summed E-state index contributed by atoms with van der Waals surface area (Å²) in [4.78, 5) is 36.5. The third kappa shape index (κ3) is 1.97. The second kappa shape index (κ2) is 5.44. The number of esters is 2. The molecule has 3 aliphatic rings. The molecule has 0 bridgehead atoms. The summed E-state index contributed by atoms with van der Waals surface area (Å²) >= 11 is 1.42. The van der Waals surface area contributed by atoms with Gasteiger partial charge in [-0.1, -0.05) is 6.92 Å². The summed E-state index contributed by atoms with van der Waals surface area (Å²) in [7, 11) is 0. The molecule has 0 aromatic carbocycles. The van der Waals surface area contributed by atoms with E-state index in [1.54, 1.807) is 6.92 Å². The molecule has 0 aromatic rings. The zero-order valence-electron chi connectivity index (χ0n) is 14.8. The average Bonchev–Trinajstić information content (AvgIpc) is 2.52. The van der Waals surface area contributed by atoms with Crippen LogP contribution in [0.3, 0.4) is 0 Å². The number of carbonyl (C=O) groups is 3. The first-order chi connectivity index (χ1) is 11.2. The van der Waals surface area contributed by atoms with Crippen LogP contribution >= 0.6 is 11.8 Å². The number of hydrogen-bond donors (Lipinski definition) is 0. The van der Waals surface area contributed by atoms with Gasteiger partial charge in [-0.15, -0.1) is 11.8 Å². The molecule has 0 aromatic heterocycles. The zero-order valence-corrected chi connectivity index (χ0v) is 13.6. The zero-order chi connectivity index (χ0) is 17.9. The standard InChI is InChI=1S/C15H21NO5S/c1-4-20-14(19)12-8(2)7-22-15-10(6-21-9(3)17)5-11(15)13(18)16(12)15/h8,10-12H,4-7H2,1-3H3/t8-,10?,11?,12+,15?/m1/s1/i5D,10D/t5?,8-,10?,11?,12+,15?. The number of nitrogens with zero attached hydrogens (tertiary/aromatic N) is 1.